The van der Waals surface area contributed by atoms with Gasteiger partial charge in [0.2, 0.25) is 0 Å². The van der Waals surface area contributed by atoms with Crippen LogP contribution in [0.5, 0.6) is 0 Å². The highest BCUT2D eigenvalue weighted by molar-refractivity contribution is 7.14. The van der Waals surface area contributed by atoms with Crippen LogP contribution in [0, 0.1) is 5.82 Å². The standard InChI is InChI=1S/C20H18FN3O3S/c1-2-17(27-19(26)13-5-9-15(22)10-6-13)18(25)24-20-23-16(11-28-20)12-3-7-14(21)8-4-12/h3-11,17H,2,22H2,1H3,(H,23,24,25). The van der Waals surface area contributed by atoms with Crippen molar-refractivity contribution in [2.45, 2.75) is 19.4 Å². The lowest BCUT2D eigenvalue weighted by atomic mass is 10.2. The summed E-state index contributed by atoms with van der Waals surface area (Å²) >= 11 is 1.23. The molecule has 0 bridgehead atoms. The lowest BCUT2D eigenvalue weighted by Crippen LogP contribution is -2.32. The summed E-state index contributed by atoms with van der Waals surface area (Å²) in [5, 5.41) is 4.78. The Morgan fingerprint density at radius 2 is 1.86 bits per heavy atom. The molecule has 28 heavy (non-hydrogen) atoms. The summed E-state index contributed by atoms with van der Waals surface area (Å²) in [5.74, 6) is -1.40. The van der Waals surface area contributed by atoms with Crippen LogP contribution in [0.25, 0.3) is 11.3 Å². The lowest BCUT2D eigenvalue weighted by Gasteiger charge is -2.15. The highest BCUT2D eigenvalue weighted by Crippen LogP contribution is 2.25. The SMILES string of the molecule is CCC(OC(=O)c1ccc(N)cc1)C(=O)Nc1nc(-c2ccc(F)cc2)cs1. The first-order valence-corrected chi connectivity index (χ1v) is 9.43. The van der Waals surface area contributed by atoms with Crippen LogP contribution >= 0.6 is 11.3 Å². The van der Waals surface area contributed by atoms with Crippen molar-refractivity contribution in [3.05, 3.63) is 65.3 Å². The summed E-state index contributed by atoms with van der Waals surface area (Å²) in [6.45, 7) is 1.74. The van der Waals surface area contributed by atoms with Crippen LogP contribution < -0.4 is 11.1 Å². The van der Waals surface area contributed by atoms with E-state index in [4.69, 9.17) is 10.5 Å². The molecule has 0 fully saturated rings. The molecule has 0 saturated carbocycles. The summed E-state index contributed by atoms with van der Waals surface area (Å²) < 4.78 is 18.3. The Morgan fingerprint density at radius 3 is 2.50 bits per heavy atom. The number of nitrogens with zero attached hydrogens (tertiary/aromatic N) is 1. The monoisotopic (exact) mass is 399 g/mol. The van der Waals surface area contributed by atoms with Crippen molar-refractivity contribution >= 4 is 34.0 Å². The largest absolute Gasteiger partial charge is 0.449 e. The van der Waals surface area contributed by atoms with Gasteiger partial charge in [0.25, 0.3) is 5.91 Å². The number of esters is 1. The fraction of sp³-hybridized carbons (Fsp3) is 0.150. The lowest BCUT2D eigenvalue weighted by molar-refractivity contribution is -0.124. The van der Waals surface area contributed by atoms with Gasteiger partial charge in [-0.05, 0) is 55.0 Å². The molecule has 0 radical (unpaired) electrons. The van der Waals surface area contributed by atoms with Gasteiger partial charge in [-0.1, -0.05) is 6.92 Å². The molecule has 1 aromatic heterocycles. The molecule has 1 heterocycles. The van der Waals surface area contributed by atoms with E-state index in [2.05, 4.69) is 10.3 Å². The van der Waals surface area contributed by atoms with E-state index in [0.717, 1.165) is 5.56 Å². The summed E-state index contributed by atoms with van der Waals surface area (Å²) in [4.78, 5) is 29.0. The van der Waals surface area contributed by atoms with E-state index in [9.17, 15) is 14.0 Å². The molecule has 144 valence electrons. The van der Waals surface area contributed by atoms with E-state index in [0.29, 0.717) is 28.5 Å². The molecule has 0 aliphatic heterocycles. The van der Waals surface area contributed by atoms with Gasteiger partial charge < -0.3 is 10.5 Å². The number of hydrogen-bond donors (Lipinski definition) is 2. The van der Waals surface area contributed by atoms with Gasteiger partial charge in [0, 0.05) is 16.6 Å². The second-order valence-electron chi connectivity index (χ2n) is 5.96. The van der Waals surface area contributed by atoms with Crippen molar-refractivity contribution in [2.24, 2.45) is 0 Å². The zero-order valence-corrected chi connectivity index (χ0v) is 15.8. The molecule has 1 atom stereocenters. The van der Waals surface area contributed by atoms with Gasteiger partial charge >= 0.3 is 5.97 Å². The summed E-state index contributed by atoms with van der Waals surface area (Å²) in [5.41, 5.74) is 7.80. The van der Waals surface area contributed by atoms with Crippen molar-refractivity contribution in [1.29, 1.82) is 0 Å². The molecule has 1 amide bonds. The van der Waals surface area contributed by atoms with E-state index in [-0.39, 0.29) is 5.82 Å². The summed E-state index contributed by atoms with van der Waals surface area (Å²) in [7, 11) is 0. The number of amides is 1. The van der Waals surface area contributed by atoms with Gasteiger partial charge in [0.15, 0.2) is 11.2 Å². The van der Waals surface area contributed by atoms with Crippen LogP contribution in [-0.2, 0) is 9.53 Å². The van der Waals surface area contributed by atoms with Crippen LogP contribution in [0.4, 0.5) is 15.2 Å². The van der Waals surface area contributed by atoms with E-state index in [1.54, 1.807) is 36.6 Å². The zero-order valence-electron chi connectivity index (χ0n) is 15.0. The van der Waals surface area contributed by atoms with E-state index < -0.39 is 18.0 Å². The Balaban J connectivity index is 1.64. The topological polar surface area (TPSA) is 94.3 Å². The van der Waals surface area contributed by atoms with Crippen LogP contribution in [0.3, 0.4) is 0 Å². The van der Waals surface area contributed by atoms with Crippen LogP contribution in [0.2, 0.25) is 0 Å². The maximum atomic E-state index is 13.0. The fourth-order valence-electron chi connectivity index (χ4n) is 2.41. The third kappa shape index (κ3) is 4.72. The number of carbonyl (C=O) groups is 2. The van der Waals surface area contributed by atoms with E-state index in [1.807, 2.05) is 0 Å². The van der Waals surface area contributed by atoms with Crippen molar-refractivity contribution in [3.63, 3.8) is 0 Å². The summed E-state index contributed by atoms with van der Waals surface area (Å²) in [6, 6.07) is 12.2. The molecular formula is C20H18FN3O3S. The minimum atomic E-state index is -0.955. The van der Waals surface area contributed by atoms with Gasteiger partial charge in [-0.2, -0.15) is 0 Å². The van der Waals surface area contributed by atoms with Crippen LogP contribution in [0.1, 0.15) is 23.7 Å². The maximum Gasteiger partial charge on any atom is 0.338 e. The van der Waals surface area contributed by atoms with Gasteiger partial charge in [0.1, 0.15) is 5.82 Å². The first-order chi connectivity index (χ1) is 13.5. The quantitative estimate of drug-likeness (QED) is 0.481. The number of hydrogen-bond acceptors (Lipinski definition) is 6. The molecule has 2 aromatic carbocycles. The Morgan fingerprint density at radius 1 is 1.18 bits per heavy atom. The minimum Gasteiger partial charge on any atom is -0.449 e. The molecule has 0 spiro atoms. The van der Waals surface area contributed by atoms with Crippen molar-refractivity contribution in [1.82, 2.24) is 4.98 Å². The molecule has 8 heteroatoms. The van der Waals surface area contributed by atoms with Crippen molar-refractivity contribution in [2.75, 3.05) is 11.1 Å². The molecule has 0 aliphatic rings. The predicted molar refractivity (Wildman–Crippen MR) is 106 cm³/mol. The number of benzene rings is 2. The number of nitrogen functional groups attached to an aromatic ring is 1. The highest BCUT2D eigenvalue weighted by Gasteiger charge is 2.23. The molecule has 6 nitrogen and oxygen atoms in total. The van der Waals surface area contributed by atoms with E-state index in [1.165, 1.54) is 35.6 Å². The molecule has 0 saturated heterocycles. The molecule has 1 unspecified atom stereocenters. The predicted octanol–water partition coefficient (Wildman–Crippen LogP) is 4.11. The number of rotatable bonds is 6. The zero-order chi connectivity index (χ0) is 20.1. The number of thiazole rings is 1. The molecular weight excluding hydrogens is 381 g/mol. The third-order valence-corrected chi connectivity index (χ3v) is 4.69. The second kappa shape index (κ2) is 8.62. The Bertz CT molecular complexity index is 971. The highest BCUT2D eigenvalue weighted by atomic mass is 32.1. The number of carbonyl (C=O) groups excluding carboxylic acids is 2. The average molecular weight is 399 g/mol. The number of nitrogens with two attached hydrogens (primary N) is 1. The van der Waals surface area contributed by atoms with Gasteiger partial charge in [-0.3, -0.25) is 10.1 Å². The fourth-order valence-corrected chi connectivity index (χ4v) is 3.13. The van der Waals surface area contributed by atoms with Crippen LogP contribution in [-0.4, -0.2) is 23.0 Å². The number of aromatic nitrogens is 1. The molecule has 3 aromatic rings. The summed E-state index contributed by atoms with van der Waals surface area (Å²) in [6.07, 6.45) is -0.647. The van der Waals surface area contributed by atoms with E-state index >= 15 is 0 Å². The molecule has 3 rings (SSSR count). The number of ether oxygens (including phenoxy) is 1. The van der Waals surface area contributed by atoms with Gasteiger partial charge in [0.05, 0.1) is 11.3 Å². The van der Waals surface area contributed by atoms with Crippen molar-refractivity contribution < 1.29 is 18.7 Å². The van der Waals surface area contributed by atoms with Crippen LogP contribution in [0.15, 0.2) is 53.9 Å². The van der Waals surface area contributed by atoms with Gasteiger partial charge in [-0.25, -0.2) is 14.2 Å². The molecule has 3 N–H and O–H groups in total. The average Bonchev–Trinajstić information content (AvgIpc) is 3.15. The second-order valence-corrected chi connectivity index (χ2v) is 6.82. The Kier molecular flexibility index (Phi) is 6.00. The van der Waals surface area contributed by atoms with Crippen molar-refractivity contribution in [3.8, 4) is 11.3 Å². The first kappa shape index (κ1) is 19.5. The Labute approximate surface area is 165 Å². The van der Waals surface area contributed by atoms with Gasteiger partial charge in [-0.15, -0.1) is 11.3 Å². The Hall–Kier alpha value is -3.26. The maximum absolute atomic E-state index is 13.0. The third-order valence-electron chi connectivity index (χ3n) is 3.93. The number of anilines is 2. The number of nitrogens with one attached hydrogen (secondary N) is 1. The first-order valence-electron chi connectivity index (χ1n) is 8.55. The normalized spacial score (nSPS) is 11.6. The smallest absolute Gasteiger partial charge is 0.338 e. The molecule has 0 aliphatic carbocycles. The number of halogens is 1. The minimum absolute atomic E-state index is 0.308.